The Kier molecular flexibility index (Phi) is 4.88. The van der Waals surface area contributed by atoms with Gasteiger partial charge in [-0.1, -0.05) is 65.8 Å². The van der Waals surface area contributed by atoms with Gasteiger partial charge >= 0.3 is 0 Å². The third-order valence-corrected chi connectivity index (χ3v) is 3.54. The number of nitrogens with zero attached hydrogens (tertiary/aromatic N) is 1. The number of amidine groups is 1. The Bertz CT molecular complexity index is 552. The summed E-state index contributed by atoms with van der Waals surface area (Å²) in [5, 5.41) is 1.29. The van der Waals surface area contributed by atoms with E-state index in [2.05, 4.69) is 17.1 Å². The van der Waals surface area contributed by atoms with Gasteiger partial charge in [0.1, 0.15) is 6.04 Å². The lowest BCUT2D eigenvalue weighted by molar-refractivity contribution is 0.874. The van der Waals surface area contributed by atoms with E-state index in [-0.39, 0.29) is 6.04 Å². The molecule has 0 aliphatic carbocycles. The van der Waals surface area contributed by atoms with E-state index in [0.717, 1.165) is 16.1 Å². The van der Waals surface area contributed by atoms with Crippen LogP contribution >= 0.6 is 23.4 Å². The number of benzene rings is 2. The summed E-state index contributed by atoms with van der Waals surface area (Å²) < 4.78 is 0. The second-order valence-electron chi connectivity index (χ2n) is 4.04. The Balaban J connectivity index is 2.43. The first-order valence-electron chi connectivity index (χ1n) is 5.88. The van der Waals surface area contributed by atoms with Crippen molar-refractivity contribution in [3.8, 4) is 0 Å². The molecule has 0 radical (unpaired) electrons. The quantitative estimate of drug-likeness (QED) is 0.682. The fourth-order valence-electron chi connectivity index (χ4n) is 1.80. The van der Waals surface area contributed by atoms with Crippen molar-refractivity contribution in [3.05, 3.63) is 70.7 Å². The Hall–Kier alpha value is -1.45. The van der Waals surface area contributed by atoms with Crippen LogP contribution in [0.3, 0.4) is 0 Å². The highest BCUT2D eigenvalue weighted by Gasteiger charge is 2.13. The summed E-state index contributed by atoms with van der Waals surface area (Å²) in [5.41, 5.74) is 8.05. The fourth-order valence-corrected chi connectivity index (χ4v) is 2.14. The minimum absolute atomic E-state index is 0.0917. The molecule has 1 unspecified atom stereocenters. The molecule has 2 rings (SSSR count). The topological polar surface area (TPSA) is 38.4 Å². The highest BCUT2D eigenvalue weighted by atomic mass is 35.5. The van der Waals surface area contributed by atoms with Gasteiger partial charge in [-0.2, -0.15) is 0 Å². The molecule has 0 aromatic heterocycles. The summed E-state index contributed by atoms with van der Waals surface area (Å²) in [6.07, 6.45) is 1.92. The monoisotopic (exact) mass is 290 g/mol. The molecule has 2 N–H and O–H groups in total. The SMILES string of the molecule is CSC(N)=NC(c1ccccc1)c1ccc(Cl)cc1. The van der Waals surface area contributed by atoms with Crippen LogP contribution in [0, 0.1) is 0 Å². The van der Waals surface area contributed by atoms with Gasteiger partial charge in [0.15, 0.2) is 5.17 Å². The third kappa shape index (κ3) is 3.75. The molecule has 0 amide bonds. The molecule has 0 bridgehead atoms. The predicted molar refractivity (Wildman–Crippen MR) is 84.9 cm³/mol. The highest BCUT2D eigenvalue weighted by molar-refractivity contribution is 8.13. The molecule has 0 saturated carbocycles. The second-order valence-corrected chi connectivity index (χ2v) is 5.30. The van der Waals surface area contributed by atoms with Crippen LogP contribution in [0.2, 0.25) is 5.02 Å². The lowest BCUT2D eigenvalue weighted by atomic mass is 9.99. The molecule has 0 saturated heterocycles. The number of hydrogen-bond donors (Lipinski definition) is 1. The van der Waals surface area contributed by atoms with Crippen LogP contribution in [0.25, 0.3) is 0 Å². The van der Waals surface area contributed by atoms with Gasteiger partial charge in [0, 0.05) is 5.02 Å². The molecule has 2 aromatic rings. The maximum atomic E-state index is 5.93. The Morgan fingerprint density at radius 3 is 2.21 bits per heavy atom. The number of aliphatic imine (C=N–C) groups is 1. The van der Waals surface area contributed by atoms with Gasteiger partial charge in [-0.15, -0.1) is 0 Å². The van der Waals surface area contributed by atoms with Crippen LogP contribution < -0.4 is 5.73 Å². The molecule has 0 spiro atoms. The Morgan fingerprint density at radius 1 is 1.05 bits per heavy atom. The number of hydrogen-bond acceptors (Lipinski definition) is 2. The van der Waals surface area contributed by atoms with E-state index in [0.29, 0.717) is 5.17 Å². The van der Waals surface area contributed by atoms with Gasteiger partial charge in [-0.05, 0) is 29.5 Å². The summed E-state index contributed by atoms with van der Waals surface area (Å²) >= 11 is 7.38. The summed E-state index contributed by atoms with van der Waals surface area (Å²) in [4.78, 5) is 4.58. The largest absolute Gasteiger partial charge is 0.379 e. The third-order valence-electron chi connectivity index (χ3n) is 2.77. The molecular weight excluding hydrogens is 276 g/mol. The molecular formula is C15H15ClN2S. The van der Waals surface area contributed by atoms with Crippen LogP contribution in [0.1, 0.15) is 17.2 Å². The van der Waals surface area contributed by atoms with E-state index >= 15 is 0 Å². The zero-order valence-electron chi connectivity index (χ0n) is 10.6. The van der Waals surface area contributed by atoms with Gasteiger partial charge < -0.3 is 5.73 Å². The lowest BCUT2D eigenvalue weighted by Crippen LogP contribution is -2.09. The lowest BCUT2D eigenvalue weighted by Gasteiger charge is -2.14. The van der Waals surface area contributed by atoms with Crippen molar-refractivity contribution in [2.45, 2.75) is 6.04 Å². The van der Waals surface area contributed by atoms with Crippen molar-refractivity contribution in [2.24, 2.45) is 10.7 Å². The van der Waals surface area contributed by atoms with Crippen molar-refractivity contribution in [1.82, 2.24) is 0 Å². The number of nitrogens with two attached hydrogens (primary N) is 1. The first-order chi connectivity index (χ1) is 9.20. The molecule has 19 heavy (non-hydrogen) atoms. The van der Waals surface area contributed by atoms with E-state index in [1.807, 2.05) is 48.7 Å². The van der Waals surface area contributed by atoms with E-state index in [1.54, 1.807) is 0 Å². The van der Waals surface area contributed by atoms with Crippen LogP contribution in [-0.2, 0) is 0 Å². The van der Waals surface area contributed by atoms with E-state index in [9.17, 15) is 0 Å². The van der Waals surface area contributed by atoms with Gasteiger partial charge in [-0.25, -0.2) is 4.99 Å². The molecule has 0 fully saturated rings. The average Bonchev–Trinajstić information content (AvgIpc) is 2.46. The van der Waals surface area contributed by atoms with E-state index < -0.39 is 0 Å². The zero-order valence-corrected chi connectivity index (χ0v) is 12.2. The van der Waals surface area contributed by atoms with Crippen molar-refractivity contribution in [3.63, 3.8) is 0 Å². The first-order valence-corrected chi connectivity index (χ1v) is 7.48. The van der Waals surface area contributed by atoms with Crippen LogP contribution in [0.5, 0.6) is 0 Å². The molecule has 0 aliphatic rings. The first kappa shape index (κ1) is 14.0. The minimum atomic E-state index is -0.0917. The van der Waals surface area contributed by atoms with Gasteiger partial charge in [0.05, 0.1) is 0 Å². The van der Waals surface area contributed by atoms with Crippen molar-refractivity contribution in [2.75, 3.05) is 6.26 Å². The molecule has 2 nitrogen and oxygen atoms in total. The van der Waals surface area contributed by atoms with Crippen LogP contribution in [0.15, 0.2) is 59.6 Å². The molecule has 0 aliphatic heterocycles. The summed E-state index contributed by atoms with van der Waals surface area (Å²) in [7, 11) is 0. The number of thioether (sulfide) groups is 1. The minimum Gasteiger partial charge on any atom is -0.379 e. The predicted octanol–water partition coefficient (Wildman–Crippen LogP) is 4.11. The summed E-state index contributed by atoms with van der Waals surface area (Å²) in [6.45, 7) is 0. The summed E-state index contributed by atoms with van der Waals surface area (Å²) in [6, 6.07) is 17.7. The fraction of sp³-hybridized carbons (Fsp3) is 0.133. The second kappa shape index (κ2) is 6.64. The number of rotatable bonds is 3. The van der Waals surface area contributed by atoms with Gasteiger partial charge in [-0.3, -0.25) is 0 Å². The van der Waals surface area contributed by atoms with Crippen molar-refractivity contribution >= 4 is 28.5 Å². The van der Waals surface area contributed by atoms with Gasteiger partial charge in [0.25, 0.3) is 0 Å². The molecule has 4 heteroatoms. The maximum Gasteiger partial charge on any atom is 0.154 e. The van der Waals surface area contributed by atoms with Gasteiger partial charge in [0.2, 0.25) is 0 Å². The van der Waals surface area contributed by atoms with Crippen LogP contribution in [-0.4, -0.2) is 11.4 Å². The molecule has 98 valence electrons. The highest BCUT2D eigenvalue weighted by Crippen LogP contribution is 2.27. The van der Waals surface area contributed by atoms with E-state index in [4.69, 9.17) is 17.3 Å². The van der Waals surface area contributed by atoms with Crippen molar-refractivity contribution in [1.29, 1.82) is 0 Å². The average molecular weight is 291 g/mol. The Labute approximate surface area is 122 Å². The zero-order chi connectivity index (χ0) is 13.7. The Morgan fingerprint density at radius 2 is 1.63 bits per heavy atom. The van der Waals surface area contributed by atoms with E-state index in [1.165, 1.54) is 11.8 Å². The maximum absolute atomic E-state index is 5.93. The van der Waals surface area contributed by atoms with Crippen molar-refractivity contribution < 1.29 is 0 Å². The molecule has 2 aromatic carbocycles. The standard InChI is InChI=1S/C15H15ClN2S/c1-19-15(17)18-14(11-5-3-2-4-6-11)12-7-9-13(16)10-8-12/h2-10,14H,1H3,(H2,17,18). The molecule has 1 atom stereocenters. The smallest absolute Gasteiger partial charge is 0.154 e. The normalized spacial score (nSPS) is 13.3. The van der Waals surface area contributed by atoms with Crippen LogP contribution in [0.4, 0.5) is 0 Å². The summed E-state index contributed by atoms with van der Waals surface area (Å²) in [5.74, 6) is 0. The number of halogens is 1. The molecule has 0 heterocycles.